The van der Waals surface area contributed by atoms with Gasteiger partial charge in [-0.2, -0.15) is 0 Å². The Labute approximate surface area is 886 Å². The average Bonchev–Trinajstić information content (AvgIpc) is 0.545. The van der Waals surface area contributed by atoms with Crippen molar-refractivity contribution < 1.29 is 105 Å². The predicted octanol–water partition coefficient (Wildman–Crippen LogP) is 25.4. The number of aldehydes is 1. The standard InChI is InChI=1S/C36H56O5.C35H52O6.C28H46O6.C26H38O5/c1-4-6-7-8-9-10-11-15-20-30(37)23-32-21-16-22-33(40-32)24-34(38-3)26-36-27-35(25-31(41-36)17-5-2)39-28-29-18-13-12-14-19-29;1-3-4-5-6-7-8-9-13-17-30-20-28-18-14-19-29(39-28)21-31(37-2)22-33-23-32(24-34(40-33)25-35(36)41-30)38-26-27-15-11-10-12-16-27;1-3-4-5-6-7-8-9-10-12-24-17-22-13-11-14-23(32-22)18-25(31-2)19-26-15-21(29)16-27(33-26)20-28(30)34-24;1-3-8-22-16-25(29-19-20-9-5-4-6-10-20)18-26(31-22)17-24(28-2)15-23-12-7-11-21(30-23)13-14-27/h1,5,12-14,18-19,30-37H,2,6-11,15-17,20-28H2,3H3;1,10-12,15-16,28-34H,4-9,13-14,17-26H2,2H3;1,21-27,29H,4-20H2,2H3;3-6,9-10,14,21-26H,1,7-8,11-13,15-19H2,2H3/t30-,31+,32?,33?,34+,35?,36?;28-,29?,30-,31+,32-,33?,34-;21-,22-,23?,24-,25+,26?,27-;21?,22-,23?,24-,25?,26?/m0001/s1. The van der Waals surface area contributed by atoms with E-state index in [1.54, 1.807) is 28.4 Å². The van der Waals surface area contributed by atoms with Crippen molar-refractivity contribution in [3.63, 3.8) is 0 Å². The van der Waals surface area contributed by atoms with Gasteiger partial charge in [-0.25, -0.2) is 0 Å². The Morgan fingerprint density at radius 1 is 0.347 bits per heavy atom. The van der Waals surface area contributed by atoms with Crippen molar-refractivity contribution in [1.29, 1.82) is 0 Å². The molecule has 8 bridgehead atoms. The lowest BCUT2D eigenvalue weighted by Gasteiger charge is -2.38. The molecule has 2 N–H and O–H groups in total. The Morgan fingerprint density at radius 3 is 1.08 bits per heavy atom. The van der Waals surface area contributed by atoms with Gasteiger partial charge in [-0.3, -0.25) is 9.59 Å². The van der Waals surface area contributed by atoms with Crippen LogP contribution in [0.2, 0.25) is 0 Å². The highest BCUT2D eigenvalue weighted by Gasteiger charge is 2.42. The van der Waals surface area contributed by atoms with E-state index in [2.05, 4.69) is 79.5 Å². The lowest BCUT2D eigenvalue weighted by Crippen LogP contribution is -2.42. The number of esters is 2. The second-order valence-corrected chi connectivity index (χ2v) is 43.9. The Hall–Kier alpha value is -6.25. The predicted molar refractivity (Wildman–Crippen MR) is 579 cm³/mol. The SMILES string of the molecule is C#CCCCCCCCC[C@H](O)CC1CCCC(C[C@H](CC2CC(OCc3ccccc3)C[C@@H](CC=C)O2)OC)O1.C#CCCCCCCCC[C@H]1C[C@@H]2CCCC(C[C@@H](OC)CC3C[C@H](O)C[C@@H](CC(=O)O1)O3)O2.C#CCCCCCCCC[C@H]1C[C@@H]2CCCC(C[C@@H](OC)CC3C[C@H](OCc4ccccc4)C[C@@H](CC(=O)O1)O3)O2.C=CC[C@@H]1CC(OCc2ccccc2)CC(C[C@@H](CC2CCCC(CC=O)O2)OC)O1. The number of aliphatic hydroxyl groups is 2. The highest BCUT2D eigenvalue weighted by atomic mass is 16.6. The topological polar surface area (TPSA) is 249 Å². The van der Waals surface area contributed by atoms with Gasteiger partial charge in [-0.1, -0.05) is 187 Å². The molecule has 10 fully saturated rings. The molecule has 10 heterocycles. The molecule has 22 heteroatoms. The van der Waals surface area contributed by atoms with Crippen LogP contribution in [0.4, 0.5) is 0 Å². The number of carbonyl (C=O) groups is 3. The van der Waals surface area contributed by atoms with E-state index in [1.807, 2.05) is 54.6 Å². The number of ether oxygens (including phenoxy) is 17. The number of unbranched alkanes of at least 4 members (excludes halogenated alkanes) is 18. The molecular weight excluding hydrogens is 1850 g/mol. The molecule has 0 radical (unpaired) electrons. The summed E-state index contributed by atoms with van der Waals surface area (Å²) in [5, 5.41) is 21.0. The van der Waals surface area contributed by atoms with E-state index < -0.39 is 6.10 Å². The van der Waals surface area contributed by atoms with Crippen LogP contribution in [-0.4, -0.2) is 222 Å². The molecule has 13 rings (SSSR count). The molecule has 0 amide bonds. The van der Waals surface area contributed by atoms with Gasteiger partial charge in [-0.15, -0.1) is 50.2 Å². The first kappa shape index (κ1) is 123. The van der Waals surface area contributed by atoms with Crippen LogP contribution in [0, 0.1) is 37.0 Å². The fourth-order valence-corrected chi connectivity index (χ4v) is 23.7. The molecule has 3 aromatic rings. The quantitative estimate of drug-likeness (QED) is 0.0175. The summed E-state index contributed by atoms with van der Waals surface area (Å²) in [7, 11) is 7.11. The van der Waals surface area contributed by atoms with Crippen LogP contribution in [-0.2, 0) is 115 Å². The largest absolute Gasteiger partial charge is 0.462 e. The first-order valence-corrected chi connectivity index (χ1v) is 58.0. The number of hydrogen-bond acceptors (Lipinski definition) is 22. The van der Waals surface area contributed by atoms with Crippen molar-refractivity contribution in [1.82, 2.24) is 0 Å². The fraction of sp³-hybridized carbons (Fsp3) is 0.752. The minimum absolute atomic E-state index is 0.0222. The molecule has 0 aliphatic carbocycles. The van der Waals surface area contributed by atoms with E-state index in [-0.39, 0.29) is 183 Å². The summed E-state index contributed by atoms with van der Waals surface area (Å²) in [6, 6.07) is 30.9. The Morgan fingerprint density at radius 2 is 0.667 bits per heavy atom. The van der Waals surface area contributed by atoms with Crippen molar-refractivity contribution in [2.24, 2.45) is 0 Å². The maximum absolute atomic E-state index is 13.3. The smallest absolute Gasteiger partial charge is 0.308 e. The van der Waals surface area contributed by atoms with E-state index in [9.17, 15) is 24.6 Å². The van der Waals surface area contributed by atoms with Crippen LogP contribution in [0.1, 0.15) is 402 Å². The zero-order valence-corrected chi connectivity index (χ0v) is 90.7. The van der Waals surface area contributed by atoms with Crippen molar-refractivity contribution >= 4 is 18.2 Å². The van der Waals surface area contributed by atoms with Gasteiger partial charge in [0.1, 0.15) is 18.5 Å². The zero-order chi connectivity index (χ0) is 104. The second kappa shape index (κ2) is 73.9. The number of rotatable bonds is 53. The molecule has 10 aliphatic rings. The summed E-state index contributed by atoms with van der Waals surface area (Å²) >= 11 is 0. The molecule has 147 heavy (non-hydrogen) atoms. The lowest BCUT2D eigenvalue weighted by atomic mass is 9.91. The van der Waals surface area contributed by atoms with Crippen LogP contribution in [0.25, 0.3) is 0 Å². The third kappa shape index (κ3) is 51.1. The molecule has 0 aromatic heterocycles. The van der Waals surface area contributed by atoms with Gasteiger partial charge >= 0.3 is 11.9 Å². The molecule has 0 saturated carbocycles. The number of hydrogen-bond donors (Lipinski definition) is 2. The van der Waals surface area contributed by atoms with E-state index >= 15 is 0 Å². The molecule has 12 unspecified atom stereocenters. The maximum Gasteiger partial charge on any atom is 0.308 e. The van der Waals surface area contributed by atoms with Gasteiger partial charge in [0.25, 0.3) is 0 Å². The second-order valence-electron chi connectivity index (χ2n) is 43.9. The van der Waals surface area contributed by atoms with Gasteiger partial charge in [0, 0.05) is 92.6 Å². The molecule has 3 aromatic carbocycles. The third-order valence-electron chi connectivity index (χ3n) is 31.5. The highest BCUT2D eigenvalue weighted by molar-refractivity contribution is 5.70. The number of aliphatic hydroxyl groups excluding tert-OH is 2. The average molecular weight is 2050 g/mol. The summed E-state index contributed by atoms with van der Waals surface area (Å²) in [5.41, 5.74) is 3.55. The van der Waals surface area contributed by atoms with Crippen molar-refractivity contribution in [2.45, 2.75) is 570 Å². The summed E-state index contributed by atoms with van der Waals surface area (Å²) in [4.78, 5) is 36.9. The van der Waals surface area contributed by atoms with E-state index in [1.165, 1.54) is 75.3 Å². The summed E-state index contributed by atoms with van der Waals surface area (Å²) in [6.07, 6.45) is 78.1. The van der Waals surface area contributed by atoms with Crippen molar-refractivity contribution in [2.75, 3.05) is 28.4 Å². The maximum atomic E-state index is 13.3. The minimum Gasteiger partial charge on any atom is -0.462 e. The molecule has 10 aliphatic heterocycles. The minimum atomic E-state index is -0.450. The summed E-state index contributed by atoms with van der Waals surface area (Å²) in [5.74, 6) is 7.75. The molecule has 27 atom stereocenters. The molecular formula is C125H192O22. The van der Waals surface area contributed by atoms with Gasteiger partial charge in [0.15, 0.2) is 0 Å². The fourth-order valence-electron chi connectivity index (χ4n) is 23.7. The first-order valence-electron chi connectivity index (χ1n) is 58.0. The van der Waals surface area contributed by atoms with Gasteiger partial charge < -0.3 is 95.5 Å². The number of fused-ring (bicyclic) bond motifs is 8. The third-order valence-corrected chi connectivity index (χ3v) is 31.5. The van der Waals surface area contributed by atoms with E-state index in [4.69, 9.17) is 99.8 Å². The normalized spacial score (nSPS) is 30.4. The van der Waals surface area contributed by atoms with Gasteiger partial charge in [0.2, 0.25) is 0 Å². The van der Waals surface area contributed by atoms with Crippen LogP contribution in [0.3, 0.4) is 0 Å². The number of benzene rings is 3. The Balaban J connectivity index is 0.000000202. The van der Waals surface area contributed by atoms with Crippen LogP contribution in [0.5, 0.6) is 0 Å². The van der Waals surface area contributed by atoms with Crippen LogP contribution >= 0.6 is 0 Å². The monoisotopic (exact) mass is 2050 g/mol. The van der Waals surface area contributed by atoms with Crippen molar-refractivity contribution in [3.05, 3.63) is 133 Å². The first-order chi connectivity index (χ1) is 71.9. The van der Waals surface area contributed by atoms with Gasteiger partial charge in [0.05, 0.1) is 185 Å². The number of carbonyl (C=O) groups excluding carboxylic acids is 3. The molecule has 0 spiro atoms. The van der Waals surface area contributed by atoms with Crippen LogP contribution < -0.4 is 0 Å². The zero-order valence-electron chi connectivity index (χ0n) is 90.7. The summed E-state index contributed by atoms with van der Waals surface area (Å²) in [6.45, 7) is 9.64. The van der Waals surface area contributed by atoms with Crippen molar-refractivity contribution in [3.8, 4) is 37.0 Å². The summed E-state index contributed by atoms with van der Waals surface area (Å²) < 4.78 is 106. The number of cyclic esters (lactones) is 2. The molecule has 824 valence electrons. The van der Waals surface area contributed by atoms with E-state index in [0.717, 1.165) is 294 Å². The molecule has 10 saturated heterocycles. The van der Waals surface area contributed by atoms with Gasteiger partial charge in [-0.05, 0) is 241 Å². The molecule has 22 nitrogen and oxygen atoms in total. The van der Waals surface area contributed by atoms with E-state index in [0.29, 0.717) is 45.5 Å². The lowest BCUT2D eigenvalue weighted by molar-refractivity contribution is -0.170. The number of methoxy groups -OCH3 is 4. The highest BCUT2D eigenvalue weighted by Crippen LogP contribution is 2.40. The van der Waals surface area contributed by atoms with Crippen LogP contribution in [0.15, 0.2) is 116 Å². The Kier molecular flexibility index (Phi) is 61.7. The number of terminal acetylenes is 3. The Bertz CT molecular complexity index is 4060.